The van der Waals surface area contributed by atoms with E-state index in [0.29, 0.717) is 18.2 Å². The Hall–Kier alpha value is -3.35. The van der Waals surface area contributed by atoms with Crippen LogP contribution in [0, 0.1) is 12.8 Å². The Labute approximate surface area is 224 Å². The highest BCUT2D eigenvalue weighted by molar-refractivity contribution is 6.04. The molecular formula is C30H48N6O. The van der Waals surface area contributed by atoms with E-state index in [1.807, 2.05) is 39.1 Å². The fourth-order valence-corrected chi connectivity index (χ4v) is 4.30. The first-order valence-corrected chi connectivity index (χ1v) is 13.0. The van der Waals surface area contributed by atoms with Crippen molar-refractivity contribution >= 4 is 35.1 Å². The number of fused-ring (bicyclic) bond motifs is 1. The second-order valence-corrected chi connectivity index (χ2v) is 9.34. The van der Waals surface area contributed by atoms with Gasteiger partial charge >= 0.3 is 6.03 Å². The van der Waals surface area contributed by atoms with Crippen molar-refractivity contribution < 1.29 is 4.79 Å². The monoisotopic (exact) mass is 508 g/mol. The second-order valence-electron chi connectivity index (χ2n) is 9.34. The molecule has 0 aliphatic carbocycles. The number of pyridine rings is 1. The molecule has 37 heavy (non-hydrogen) atoms. The number of urea groups is 1. The van der Waals surface area contributed by atoms with Gasteiger partial charge in [-0.05, 0) is 55.9 Å². The summed E-state index contributed by atoms with van der Waals surface area (Å²) in [5, 5.41) is 3.05. The highest BCUT2D eigenvalue weighted by Gasteiger charge is 2.30. The maximum atomic E-state index is 13.3. The van der Waals surface area contributed by atoms with Gasteiger partial charge in [0.15, 0.2) is 0 Å². The standard InChI is InChI=1S/C27H38N6O.C2H6.CH4/c1-7-19(4)9-12-32(17-18(2)3)25-8-11-30-26-22(25)10-13-33(26)27(34)31-24-15-21(16-29-6)23(28)14-20(24)5;1-2;/h8,11,14-16,18H,4,7,9-10,12-13,17,28H2,1-3,5-6H3,(H,31,34);1-2H3;1H4. The van der Waals surface area contributed by atoms with Gasteiger partial charge in [-0.2, -0.15) is 0 Å². The number of hydrogen-bond acceptors (Lipinski definition) is 5. The van der Waals surface area contributed by atoms with Crippen LogP contribution >= 0.6 is 0 Å². The number of aliphatic imine (C=N–C) groups is 1. The first kappa shape index (κ1) is 31.7. The fraction of sp³-hybridized carbons (Fsp3) is 0.500. The molecule has 204 valence electrons. The van der Waals surface area contributed by atoms with E-state index in [-0.39, 0.29) is 13.5 Å². The molecule has 2 amide bonds. The SMILES string of the molecule is C.C=C(CC)CCN(CC(C)C)c1ccnc2c1CCN2C(=O)Nc1cc(C=NC)c(N)cc1C.CC. The highest BCUT2D eigenvalue weighted by atomic mass is 16.2. The molecule has 7 nitrogen and oxygen atoms in total. The summed E-state index contributed by atoms with van der Waals surface area (Å²) in [5.41, 5.74) is 12.7. The van der Waals surface area contributed by atoms with Gasteiger partial charge in [-0.1, -0.05) is 54.2 Å². The van der Waals surface area contributed by atoms with Crippen molar-refractivity contribution in [2.45, 2.75) is 68.2 Å². The smallest absolute Gasteiger partial charge is 0.327 e. The summed E-state index contributed by atoms with van der Waals surface area (Å²) in [6.07, 6.45) is 6.24. The molecule has 0 saturated carbocycles. The number of nitrogens with zero attached hydrogens (tertiary/aromatic N) is 4. The predicted molar refractivity (Wildman–Crippen MR) is 163 cm³/mol. The lowest BCUT2D eigenvalue weighted by atomic mass is 10.1. The molecule has 2 heterocycles. The van der Waals surface area contributed by atoms with E-state index in [0.717, 1.165) is 60.5 Å². The van der Waals surface area contributed by atoms with Crippen molar-refractivity contribution in [3.63, 3.8) is 0 Å². The van der Waals surface area contributed by atoms with E-state index >= 15 is 0 Å². The molecule has 2 aromatic rings. The average Bonchev–Trinajstić information content (AvgIpc) is 3.30. The van der Waals surface area contributed by atoms with Crippen LogP contribution in [0.5, 0.6) is 0 Å². The number of carbonyl (C=O) groups is 1. The number of aromatic nitrogens is 1. The number of benzene rings is 1. The quantitative estimate of drug-likeness (QED) is 0.215. The number of nitrogens with two attached hydrogens (primary N) is 1. The van der Waals surface area contributed by atoms with Crippen LogP contribution < -0.4 is 20.9 Å². The zero-order valence-electron chi connectivity index (χ0n) is 23.2. The third-order valence-electron chi connectivity index (χ3n) is 6.20. The topological polar surface area (TPSA) is 86.9 Å². The second kappa shape index (κ2) is 15.0. The fourth-order valence-electron chi connectivity index (χ4n) is 4.30. The summed E-state index contributed by atoms with van der Waals surface area (Å²) in [7, 11) is 1.70. The molecular weight excluding hydrogens is 460 g/mol. The van der Waals surface area contributed by atoms with Crippen LogP contribution in [0.1, 0.15) is 71.6 Å². The summed E-state index contributed by atoms with van der Waals surface area (Å²) in [6.45, 7) is 19.2. The Kier molecular flexibility index (Phi) is 12.9. The van der Waals surface area contributed by atoms with Crippen LogP contribution in [0.3, 0.4) is 0 Å². The van der Waals surface area contributed by atoms with Crippen molar-refractivity contribution in [1.29, 1.82) is 0 Å². The number of nitrogen functional groups attached to an aromatic ring is 1. The Bertz CT molecular complexity index is 1080. The van der Waals surface area contributed by atoms with Crippen LogP contribution in [0.2, 0.25) is 0 Å². The lowest BCUT2D eigenvalue weighted by Gasteiger charge is -2.29. The van der Waals surface area contributed by atoms with Crippen LogP contribution in [-0.2, 0) is 6.42 Å². The van der Waals surface area contributed by atoms with Gasteiger partial charge < -0.3 is 16.0 Å². The largest absolute Gasteiger partial charge is 0.398 e. The van der Waals surface area contributed by atoms with Crippen LogP contribution in [0.25, 0.3) is 0 Å². The number of anilines is 4. The van der Waals surface area contributed by atoms with Crippen molar-refractivity contribution in [2.75, 3.05) is 47.5 Å². The van der Waals surface area contributed by atoms with Gasteiger partial charge in [0.1, 0.15) is 5.82 Å². The van der Waals surface area contributed by atoms with Crippen LogP contribution in [0.15, 0.2) is 41.5 Å². The summed E-state index contributed by atoms with van der Waals surface area (Å²) in [6, 6.07) is 5.61. The number of amides is 2. The van der Waals surface area contributed by atoms with Crippen molar-refractivity contribution in [3.8, 4) is 0 Å². The first-order chi connectivity index (χ1) is 17.2. The number of hydrogen-bond donors (Lipinski definition) is 2. The van der Waals surface area contributed by atoms with E-state index in [1.54, 1.807) is 18.2 Å². The molecule has 0 spiro atoms. The number of nitrogens with one attached hydrogen (secondary N) is 1. The van der Waals surface area contributed by atoms with Gasteiger partial charge in [-0.15, -0.1) is 0 Å². The molecule has 0 atom stereocenters. The summed E-state index contributed by atoms with van der Waals surface area (Å²) in [4.78, 5) is 26.1. The highest BCUT2D eigenvalue weighted by Crippen LogP contribution is 2.35. The lowest BCUT2D eigenvalue weighted by molar-refractivity contribution is 0.257. The molecule has 1 aromatic carbocycles. The van der Waals surface area contributed by atoms with Crippen molar-refractivity contribution in [3.05, 3.63) is 53.2 Å². The zero-order valence-corrected chi connectivity index (χ0v) is 23.2. The number of aryl methyl sites for hydroxylation is 1. The van der Waals surface area contributed by atoms with Gasteiger partial charge in [0.2, 0.25) is 0 Å². The Morgan fingerprint density at radius 3 is 2.68 bits per heavy atom. The maximum Gasteiger partial charge on any atom is 0.327 e. The maximum absolute atomic E-state index is 13.3. The minimum atomic E-state index is -0.189. The van der Waals surface area contributed by atoms with E-state index in [2.05, 4.69) is 53.6 Å². The van der Waals surface area contributed by atoms with Gasteiger partial charge in [0.25, 0.3) is 0 Å². The van der Waals surface area contributed by atoms with E-state index in [9.17, 15) is 4.79 Å². The molecule has 0 unspecified atom stereocenters. The third kappa shape index (κ3) is 8.07. The van der Waals surface area contributed by atoms with Gasteiger partial charge in [-0.25, -0.2) is 9.78 Å². The normalized spacial score (nSPS) is 12.1. The number of carbonyl (C=O) groups excluding carboxylic acids is 1. The molecule has 1 aromatic heterocycles. The van der Waals surface area contributed by atoms with E-state index in [4.69, 9.17) is 5.73 Å². The van der Waals surface area contributed by atoms with Crippen molar-refractivity contribution in [1.82, 2.24) is 4.98 Å². The molecule has 1 aliphatic heterocycles. The van der Waals surface area contributed by atoms with Gasteiger partial charge in [-0.3, -0.25) is 9.89 Å². The minimum Gasteiger partial charge on any atom is -0.398 e. The van der Waals surface area contributed by atoms with Crippen molar-refractivity contribution in [2.24, 2.45) is 10.9 Å². The predicted octanol–water partition coefficient (Wildman–Crippen LogP) is 7.10. The summed E-state index contributed by atoms with van der Waals surface area (Å²) in [5.74, 6) is 1.26. The molecule has 3 N–H and O–H groups in total. The number of rotatable bonds is 9. The molecule has 1 aliphatic rings. The van der Waals surface area contributed by atoms with Crippen LogP contribution in [-0.4, -0.2) is 43.9 Å². The zero-order chi connectivity index (χ0) is 26.8. The lowest BCUT2D eigenvalue weighted by Crippen LogP contribution is -2.34. The molecule has 3 rings (SSSR count). The van der Waals surface area contributed by atoms with Gasteiger partial charge in [0.05, 0.1) is 0 Å². The third-order valence-corrected chi connectivity index (χ3v) is 6.20. The summed E-state index contributed by atoms with van der Waals surface area (Å²) < 4.78 is 0. The van der Waals surface area contributed by atoms with Crippen LogP contribution in [0.4, 0.5) is 27.7 Å². The molecule has 0 bridgehead atoms. The van der Waals surface area contributed by atoms with E-state index < -0.39 is 0 Å². The Morgan fingerprint density at radius 2 is 2.05 bits per heavy atom. The van der Waals surface area contributed by atoms with E-state index in [1.165, 1.54) is 11.3 Å². The van der Waals surface area contributed by atoms with Gasteiger partial charge in [0, 0.05) is 67.3 Å². The molecule has 0 saturated heterocycles. The average molecular weight is 509 g/mol. The summed E-state index contributed by atoms with van der Waals surface area (Å²) >= 11 is 0. The molecule has 7 heteroatoms. The Morgan fingerprint density at radius 1 is 1.35 bits per heavy atom. The molecule has 0 radical (unpaired) electrons. The first-order valence-electron chi connectivity index (χ1n) is 13.0. The molecule has 0 fully saturated rings. The Balaban J connectivity index is 0.00000223. The minimum absolute atomic E-state index is 0.